The molecule has 0 aliphatic rings. The molecule has 0 saturated carbocycles. The van der Waals surface area contributed by atoms with Gasteiger partial charge in [-0.2, -0.15) is 20.2 Å². The number of benzene rings is 4. The maximum absolute atomic E-state index is 11.9. The Balaban J connectivity index is 1.58. The van der Waals surface area contributed by atoms with Crippen molar-refractivity contribution in [3.05, 3.63) is 119 Å². The molecule has 4 aromatic carbocycles. The van der Waals surface area contributed by atoms with E-state index in [1.54, 1.807) is 50.2 Å². The van der Waals surface area contributed by atoms with Gasteiger partial charge >= 0.3 is 0 Å². The van der Waals surface area contributed by atoms with Crippen LogP contribution in [-0.4, -0.2) is 50.7 Å². The highest BCUT2D eigenvalue weighted by atomic mass is 35.5. The molecule has 0 spiro atoms. The topological polar surface area (TPSA) is 155 Å². The predicted molar refractivity (Wildman–Crippen MR) is 193 cm³/mol. The first-order chi connectivity index (χ1) is 22.8. The molecule has 0 radical (unpaired) electrons. The van der Waals surface area contributed by atoms with Gasteiger partial charge in [-0.3, -0.25) is 10.9 Å². The molecular formula is C34H32ClN7O4S2. The van der Waals surface area contributed by atoms with Crippen molar-refractivity contribution in [1.82, 2.24) is 9.97 Å². The fourth-order valence-corrected chi connectivity index (χ4v) is 5.90. The normalized spacial score (nSPS) is 12.4. The van der Waals surface area contributed by atoms with Gasteiger partial charge in [0.1, 0.15) is 0 Å². The Kier molecular flexibility index (Phi) is 10.2. The van der Waals surface area contributed by atoms with E-state index in [4.69, 9.17) is 21.6 Å². The monoisotopic (exact) mass is 701 g/mol. The van der Waals surface area contributed by atoms with Gasteiger partial charge < -0.3 is 5.32 Å². The van der Waals surface area contributed by atoms with Gasteiger partial charge in [0.25, 0.3) is 0 Å². The van der Waals surface area contributed by atoms with Crippen LogP contribution in [0.1, 0.15) is 25.0 Å². The van der Waals surface area contributed by atoms with E-state index < -0.39 is 19.7 Å². The third-order valence-electron chi connectivity index (χ3n) is 7.13. The summed E-state index contributed by atoms with van der Waals surface area (Å²) in [6.07, 6.45) is 2.32. The molecule has 1 heterocycles. The fraction of sp³-hybridized carbons (Fsp3) is 0.118. The SMILES string of the molecule is CC(=NNc1nc(Nc2ccccc2)nc(NN=C(C)c2ccc(S(C)(=O)=O)cc2)c1-c1ccc(Cl)cc1)c1ccc(S(C)(=O)=O)cc1. The largest absolute Gasteiger partial charge is 0.324 e. The summed E-state index contributed by atoms with van der Waals surface area (Å²) >= 11 is 6.22. The number of hydrogen-bond acceptors (Lipinski definition) is 11. The molecule has 0 unspecified atom stereocenters. The van der Waals surface area contributed by atoms with Gasteiger partial charge in [0.2, 0.25) is 5.95 Å². The highest BCUT2D eigenvalue weighted by molar-refractivity contribution is 7.91. The van der Waals surface area contributed by atoms with E-state index in [0.717, 1.165) is 18.2 Å². The number of aromatic nitrogens is 2. The number of nitrogens with zero attached hydrogens (tertiary/aromatic N) is 4. The lowest BCUT2D eigenvalue weighted by atomic mass is 10.1. The molecular weight excluding hydrogens is 670 g/mol. The van der Waals surface area contributed by atoms with E-state index >= 15 is 0 Å². The van der Waals surface area contributed by atoms with Gasteiger partial charge in [-0.15, -0.1) is 0 Å². The summed E-state index contributed by atoms with van der Waals surface area (Å²) in [6, 6.07) is 29.4. The lowest BCUT2D eigenvalue weighted by Gasteiger charge is -2.16. The van der Waals surface area contributed by atoms with Gasteiger partial charge in [0.15, 0.2) is 31.3 Å². The van der Waals surface area contributed by atoms with Crippen LogP contribution in [0.4, 0.5) is 23.3 Å². The number of sulfone groups is 2. The molecule has 0 fully saturated rings. The van der Waals surface area contributed by atoms with Crippen molar-refractivity contribution in [3.63, 3.8) is 0 Å². The van der Waals surface area contributed by atoms with Crippen molar-refractivity contribution >= 4 is 66.0 Å². The molecule has 0 bridgehead atoms. The first-order valence-corrected chi connectivity index (χ1v) is 18.7. The van der Waals surface area contributed by atoms with Crippen molar-refractivity contribution < 1.29 is 16.8 Å². The average molecular weight is 702 g/mol. The van der Waals surface area contributed by atoms with Crippen LogP contribution in [0, 0.1) is 0 Å². The van der Waals surface area contributed by atoms with Crippen LogP contribution in [0.15, 0.2) is 123 Å². The van der Waals surface area contributed by atoms with Gasteiger partial charge in [-0.25, -0.2) is 16.8 Å². The van der Waals surface area contributed by atoms with Crippen LogP contribution in [0.3, 0.4) is 0 Å². The smallest absolute Gasteiger partial charge is 0.231 e. The number of hydrazone groups is 2. The number of para-hydroxylation sites is 1. The lowest BCUT2D eigenvalue weighted by Crippen LogP contribution is -2.09. The second kappa shape index (κ2) is 14.3. The molecule has 5 aromatic rings. The van der Waals surface area contributed by atoms with Crippen molar-refractivity contribution in [2.45, 2.75) is 23.6 Å². The van der Waals surface area contributed by atoms with Crippen LogP contribution in [0.2, 0.25) is 5.02 Å². The summed E-state index contributed by atoms with van der Waals surface area (Å²) < 4.78 is 47.7. The quantitative estimate of drug-likeness (QED) is 0.0973. The highest BCUT2D eigenvalue weighted by Gasteiger charge is 2.18. The van der Waals surface area contributed by atoms with E-state index in [-0.39, 0.29) is 15.7 Å². The summed E-state index contributed by atoms with van der Waals surface area (Å²) in [5, 5.41) is 12.9. The Morgan fingerprint density at radius 3 is 1.48 bits per heavy atom. The molecule has 1 aromatic heterocycles. The first kappa shape index (κ1) is 34.2. The van der Waals surface area contributed by atoms with Crippen LogP contribution in [-0.2, 0) is 19.7 Å². The molecule has 246 valence electrons. The minimum Gasteiger partial charge on any atom is -0.324 e. The number of nitrogens with one attached hydrogen (secondary N) is 3. The minimum absolute atomic E-state index is 0.211. The molecule has 0 saturated heterocycles. The summed E-state index contributed by atoms with van der Waals surface area (Å²) in [5.74, 6) is 0.927. The Morgan fingerprint density at radius 1 is 0.625 bits per heavy atom. The third-order valence-corrected chi connectivity index (χ3v) is 9.64. The van der Waals surface area contributed by atoms with E-state index in [2.05, 4.69) is 26.4 Å². The summed E-state index contributed by atoms with van der Waals surface area (Å²) in [6.45, 7) is 3.58. The molecule has 0 amide bonds. The highest BCUT2D eigenvalue weighted by Crippen LogP contribution is 2.35. The Bertz CT molecular complexity index is 2090. The molecule has 48 heavy (non-hydrogen) atoms. The number of halogens is 1. The standard InChI is InChI=1S/C34H32ClN7O4S2/c1-22(24-12-18-29(19-13-24)47(3,43)44)39-41-32-31(26-10-16-27(35)17-11-26)33(38-34(37-32)36-28-8-6-5-7-9-28)42-40-23(2)25-14-20-30(21-15-25)48(4,45)46/h5-21H,1-4H3,(H3,36,37,38,41,42). The second-order valence-electron chi connectivity index (χ2n) is 10.8. The van der Waals surface area contributed by atoms with Gasteiger partial charge in [0.05, 0.1) is 26.8 Å². The molecule has 11 nitrogen and oxygen atoms in total. The molecule has 0 aliphatic heterocycles. The molecule has 3 N–H and O–H groups in total. The average Bonchev–Trinajstić information content (AvgIpc) is 3.06. The lowest BCUT2D eigenvalue weighted by molar-refractivity contribution is 0.600. The number of anilines is 4. The predicted octanol–water partition coefficient (Wildman–Crippen LogP) is 7.02. The van der Waals surface area contributed by atoms with Crippen molar-refractivity contribution in [3.8, 4) is 11.1 Å². The number of rotatable bonds is 11. The number of hydrogen-bond donors (Lipinski definition) is 3. The first-order valence-electron chi connectivity index (χ1n) is 14.5. The molecule has 5 rings (SSSR count). The zero-order chi connectivity index (χ0) is 34.5. The minimum atomic E-state index is -3.34. The van der Waals surface area contributed by atoms with Crippen molar-refractivity contribution in [1.29, 1.82) is 0 Å². The van der Waals surface area contributed by atoms with Crippen molar-refractivity contribution in [2.75, 3.05) is 28.7 Å². The maximum Gasteiger partial charge on any atom is 0.231 e. The summed E-state index contributed by atoms with van der Waals surface area (Å²) in [5.41, 5.74) is 10.7. The Morgan fingerprint density at radius 2 is 1.06 bits per heavy atom. The molecule has 0 aliphatic carbocycles. The zero-order valence-electron chi connectivity index (χ0n) is 26.4. The van der Waals surface area contributed by atoms with E-state index in [1.165, 1.54) is 24.3 Å². The van der Waals surface area contributed by atoms with Crippen LogP contribution < -0.4 is 16.2 Å². The van der Waals surface area contributed by atoms with Crippen LogP contribution in [0.25, 0.3) is 11.1 Å². The van der Waals surface area contributed by atoms with Crippen LogP contribution >= 0.6 is 11.6 Å². The van der Waals surface area contributed by atoms with E-state index in [0.29, 0.717) is 50.3 Å². The van der Waals surface area contributed by atoms with Gasteiger partial charge in [-0.05, 0) is 79.1 Å². The fourth-order valence-electron chi connectivity index (χ4n) is 4.51. The second-order valence-corrected chi connectivity index (χ2v) is 15.3. The van der Waals surface area contributed by atoms with E-state index in [1.807, 2.05) is 42.5 Å². The van der Waals surface area contributed by atoms with Crippen molar-refractivity contribution in [2.24, 2.45) is 10.2 Å². The summed E-state index contributed by atoms with van der Waals surface area (Å²) in [4.78, 5) is 9.94. The Labute approximate surface area is 284 Å². The zero-order valence-corrected chi connectivity index (χ0v) is 28.8. The van der Waals surface area contributed by atoms with Gasteiger partial charge in [-0.1, -0.05) is 66.2 Å². The maximum atomic E-state index is 11.9. The summed E-state index contributed by atoms with van der Waals surface area (Å²) in [7, 11) is -6.69. The third kappa shape index (κ3) is 8.62. The van der Waals surface area contributed by atoms with Crippen LogP contribution in [0.5, 0.6) is 0 Å². The molecule has 0 atom stereocenters. The molecule has 14 heteroatoms. The Hall–Kier alpha value is -5.11. The van der Waals surface area contributed by atoms with Gasteiger partial charge in [0, 0.05) is 23.2 Å². The van der Waals surface area contributed by atoms with E-state index in [9.17, 15) is 16.8 Å².